The summed E-state index contributed by atoms with van der Waals surface area (Å²) in [6.45, 7) is 5.46. The van der Waals surface area contributed by atoms with Crippen LogP contribution in [0.15, 0.2) is 29.2 Å². The Hall–Kier alpha value is -1.81. The van der Waals surface area contributed by atoms with Crippen LogP contribution in [-0.4, -0.2) is 70.0 Å². The summed E-state index contributed by atoms with van der Waals surface area (Å²) >= 11 is 0. The number of benzene rings is 1. The van der Waals surface area contributed by atoms with Crippen molar-refractivity contribution >= 4 is 27.5 Å². The summed E-state index contributed by atoms with van der Waals surface area (Å²) in [4.78, 5) is 28.1. The van der Waals surface area contributed by atoms with Gasteiger partial charge in [0.25, 0.3) is 5.91 Å². The van der Waals surface area contributed by atoms with Gasteiger partial charge in [-0.3, -0.25) is 9.59 Å². The smallest absolute Gasteiger partial charge is 0.292 e. The molecule has 29 heavy (non-hydrogen) atoms. The zero-order chi connectivity index (χ0) is 20.6. The van der Waals surface area contributed by atoms with Crippen LogP contribution in [0.2, 0.25) is 0 Å². The van der Waals surface area contributed by atoms with E-state index in [1.54, 1.807) is 12.1 Å². The SMILES string of the molecule is CC1CC[NH+](C2CC(=O)N(c3ccc(S(=O)(=O)N4CCOCC4)cc3)C2=O)CC1. The second kappa shape index (κ2) is 8.14. The van der Waals surface area contributed by atoms with Crippen molar-refractivity contribution in [1.29, 1.82) is 0 Å². The number of hydrogen-bond donors (Lipinski definition) is 1. The molecule has 1 atom stereocenters. The Kier molecular flexibility index (Phi) is 5.74. The molecule has 0 saturated carbocycles. The first-order valence-electron chi connectivity index (χ1n) is 10.3. The predicted octanol–water partition coefficient (Wildman–Crippen LogP) is -0.346. The van der Waals surface area contributed by atoms with Crippen LogP contribution in [0.1, 0.15) is 26.2 Å². The summed E-state index contributed by atoms with van der Waals surface area (Å²) < 4.78 is 32.1. The van der Waals surface area contributed by atoms with Gasteiger partial charge >= 0.3 is 0 Å². The van der Waals surface area contributed by atoms with E-state index in [-0.39, 0.29) is 29.2 Å². The van der Waals surface area contributed by atoms with Crippen molar-refractivity contribution in [2.24, 2.45) is 5.92 Å². The van der Waals surface area contributed by atoms with Gasteiger partial charge in [-0.25, -0.2) is 13.3 Å². The predicted molar refractivity (Wildman–Crippen MR) is 106 cm³/mol. The third-order valence-corrected chi connectivity index (χ3v) is 8.17. The van der Waals surface area contributed by atoms with Crippen LogP contribution in [0, 0.1) is 5.92 Å². The molecule has 2 amide bonds. The number of quaternary nitrogens is 1. The number of carbonyl (C=O) groups is 2. The summed E-state index contributed by atoms with van der Waals surface area (Å²) in [5, 5.41) is 0. The number of likely N-dealkylation sites (tertiary alicyclic amines) is 1. The highest BCUT2D eigenvalue weighted by atomic mass is 32.2. The number of rotatable bonds is 4. The lowest BCUT2D eigenvalue weighted by atomic mass is 9.97. The first kappa shape index (κ1) is 20.5. The summed E-state index contributed by atoms with van der Waals surface area (Å²) in [6, 6.07) is 5.73. The molecule has 0 spiro atoms. The van der Waals surface area contributed by atoms with Crippen LogP contribution in [0.3, 0.4) is 0 Å². The molecule has 1 aromatic carbocycles. The number of piperidine rings is 1. The van der Waals surface area contributed by atoms with E-state index in [4.69, 9.17) is 4.74 Å². The molecule has 3 saturated heterocycles. The Bertz CT molecular complexity index is 872. The summed E-state index contributed by atoms with van der Waals surface area (Å²) in [6.07, 6.45) is 2.36. The molecule has 0 aliphatic carbocycles. The molecule has 3 aliphatic rings. The Morgan fingerprint density at radius 2 is 1.66 bits per heavy atom. The molecule has 0 aromatic heterocycles. The second-order valence-electron chi connectivity index (χ2n) is 8.18. The minimum absolute atomic E-state index is 0.162. The van der Waals surface area contributed by atoms with Gasteiger partial charge in [-0.05, 0) is 43.0 Å². The zero-order valence-electron chi connectivity index (χ0n) is 16.7. The minimum Gasteiger partial charge on any atom is -0.379 e. The van der Waals surface area contributed by atoms with Gasteiger partial charge in [-0.1, -0.05) is 6.92 Å². The van der Waals surface area contributed by atoms with E-state index in [9.17, 15) is 18.0 Å². The van der Waals surface area contributed by atoms with Crippen molar-refractivity contribution in [3.63, 3.8) is 0 Å². The zero-order valence-corrected chi connectivity index (χ0v) is 17.5. The van der Waals surface area contributed by atoms with Gasteiger partial charge in [-0.2, -0.15) is 4.31 Å². The van der Waals surface area contributed by atoms with Gasteiger partial charge in [0.1, 0.15) is 0 Å². The molecule has 8 nitrogen and oxygen atoms in total. The van der Waals surface area contributed by atoms with Crippen LogP contribution >= 0.6 is 0 Å². The van der Waals surface area contributed by atoms with E-state index in [0.717, 1.165) is 25.9 Å². The number of anilines is 1. The monoisotopic (exact) mass is 422 g/mol. The largest absolute Gasteiger partial charge is 0.379 e. The van der Waals surface area contributed by atoms with Gasteiger partial charge in [0, 0.05) is 13.1 Å². The maximum absolute atomic E-state index is 13.0. The summed E-state index contributed by atoms with van der Waals surface area (Å²) in [7, 11) is -3.60. The highest BCUT2D eigenvalue weighted by Gasteiger charge is 2.46. The van der Waals surface area contributed by atoms with E-state index in [1.165, 1.54) is 26.2 Å². The topological polar surface area (TPSA) is 88.4 Å². The number of nitrogens with one attached hydrogen (secondary N) is 1. The lowest BCUT2D eigenvalue weighted by molar-refractivity contribution is -0.920. The normalized spacial score (nSPS) is 29.4. The third-order valence-electron chi connectivity index (χ3n) is 6.26. The van der Waals surface area contributed by atoms with Gasteiger partial charge in [0.05, 0.1) is 43.3 Å². The number of carbonyl (C=O) groups excluding carboxylic acids is 2. The number of morpholine rings is 1. The van der Waals surface area contributed by atoms with E-state index in [2.05, 4.69) is 6.92 Å². The van der Waals surface area contributed by atoms with E-state index >= 15 is 0 Å². The first-order valence-corrected chi connectivity index (χ1v) is 11.7. The summed E-state index contributed by atoms with van der Waals surface area (Å²) in [5.74, 6) is 0.279. The lowest BCUT2D eigenvalue weighted by Gasteiger charge is -2.30. The Balaban J connectivity index is 1.50. The van der Waals surface area contributed by atoms with Crippen molar-refractivity contribution in [3.8, 4) is 0 Å². The second-order valence-corrected chi connectivity index (χ2v) is 10.1. The maximum atomic E-state index is 13.0. The van der Waals surface area contributed by atoms with Gasteiger partial charge in [0.15, 0.2) is 6.04 Å². The molecule has 9 heteroatoms. The minimum atomic E-state index is -3.60. The Morgan fingerprint density at radius 1 is 1.03 bits per heavy atom. The van der Waals surface area contributed by atoms with Crippen molar-refractivity contribution in [3.05, 3.63) is 24.3 Å². The number of sulfonamides is 1. The fourth-order valence-corrected chi connectivity index (χ4v) is 5.81. The van der Waals surface area contributed by atoms with E-state index < -0.39 is 10.0 Å². The third kappa shape index (κ3) is 3.96. The molecular formula is C20H28N3O5S+. The highest BCUT2D eigenvalue weighted by Crippen LogP contribution is 2.25. The average molecular weight is 423 g/mol. The molecule has 4 rings (SSSR count). The van der Waals surface area contributed by atoms with Crippen LogP contribution < -0.4 is 9.80 Å². The fraction of sp³-hybridized carbons (Fsp3) is 0.600. The van der Waals surface area contributed by atoms with Crippen molar-refractivity contribution in [2.45, 2.75) is 37.1 Å². The lowest BCUT2D eigenvalue weighted by Crippen LogP contribution is -3.17. The number of amides is 2. The molecule has 3 fully saturated rings. The maximum Gasteiger partial charge on any atom is 0.292 e. The molecule has 3 heterocycles. The van der Waals surface area contributed by atoms with Gasteiger partial charge in [0.2, 0.25) is 15.9 Å². The quantitative estimate of drug-likeness (QED) is 0.671. The van der Waals surface area contributed by atoms with E-state index in [1.807, 2.05) is 0 Å². The molecule has 158 valence electrons. The molecular weight excluding hydrogens is 394 g/mol. The molecule has 1 aromatic rings. The average Bonchev–Trinajstić information content (AvgIpc) is 3.03. The van der Waals surface area contributed by atoms with Crippen molar-refractivity contribution < 1.29 is 27.6 Å². The Labute approximate surface area is 171 Å². The molecule has 3 aliphatic heterocycles. The molecule has 0 bridgehead atoms. The molecule has 1 N–H and O–H groups in total. The standard InChI is InChI=1S/C20H27N3O5S/c1-15-6-8-21(9-7-15)18-14-19(24)23(20(18)25)16-2-4-17(5-3-16)29(26,27)22-10-12-28-13-11-22/h2-5,15,18H,6-14H2,1H3/p+1. The van der Waals surface area contributed by atoms with Crippen molar-refractivity contribution in [2.75, 3.05) is 44.3 Å². The Morgan fingerprint density at radius 3 is 2.28 bits per heavy atom. The first-order chi connectivity index (χ1) is 13.9. The number of ether oxygens (including phenoxy) is 1. The summed E-state index contributed by atoms with van der Waals surface area (Å²) in [5.41, 5.74) is 0.438. The highest BCUT2D eigenvalue weighted by molar-refractivity contribution is 7.89. The van der Waals surface area contributed by atoms with Gasteiger partial charge in [-0.15, -0.1) is 0 Å². The fourth-order valence-electron chi connectivity index (χ4n) is 4.41. The molecule has 1 unspecified atom stereocenters. The van der Waals surface area contributed by atoms with E-state index in [0.29, 0.717) is 37.9 Å². The number of hydrogen-bond acceptors (Lipinski definition) is 5. The van der Waals surface area contributed by atoms with Gasteiger partial charge < -0.3 is 9.64 Å². The van der Waals surface area contributed by atoms with Crippen LogP contribution in [-0.2, 0) is 24.3 Å². The van der Waals surface area contributed by atoms with Crippen LogP contribution in [0.4, 0.5) is 5.69 Å². The van der Waals surface area contributed by atoms with Crippen LogP contribution in [0.5, 0.6) is 0 Å². The number of nitrogens with zero attached hydrogens (tertiary/aromatic N) is 2. The number of imide groups is 1. The molecule has 0 radical (unpaired) electrons. The van der Waals surface area contributed by atoms with Crippen LogP contribution in [0.25, 0.3) is 0 Å². The van der Waals surface area contributed by atoms with Crippen molar-refractivity contribution in [1.82, 2.24) is 4.31 Å².